The number of ether oxygens (including phenoxy) is 1. The number of aliphatic hydroxyl groups excluding tert-OH is 1. The van der Waals surface area contributed by atoms with Gasteiger partial charge in [0.05, 0.1) is 11.8 Å². The molecule has 2 rings (SSSR count). The number of hydrogen-bond donors (Lipinski definition) is 1. The first-order valence-corrected chi connectivity index (χ1v) is 4.52. The summed E-state index contributed by atoms with van der Waals surface area (Å²) < 4.78 is 5.36. The first kappa shape index (κ1) is 11.7. The summed E-state index contributed by atoms with van der Waals surface area (Å²) in [6, 6.07) is 3.87. The Hall–Kier alpha value is -1.41. The van der Waals surface area contributed by atoms with Gasteiger partial charge in [0.2, 0.25) is 0 Å². The first-order valence-electron chi connectivity index (χ1n) is 4.52. The topological polar surface area (TPSA) is 29.5 Å². The van der Waals surface area contributed by atoms with E-state index in [1.54, 1.807) is 18.4 Å². The molecule has 0 unspecified atom stereocenters. The van der Waals surface area contributed by atoms with Crippen LogP contribution in [0.2, 0.25) is 0 Å². The van der Waals surface area contributed by atoms with Crippen LogP contribution in [0, 0.1) is 13.8 Å². The molecule has 0 atom stereocenters. The fourth-order valence-corrected chi connectivity index (χ4v) is 1.42. The summed E-state index contributed by atoms with van der Waals surface area (Å²) in [6.45, 7) is 4.04. The summed E-state index contributed by atoms with van der Waals surface area (Å²) >= 11 is 0. The van der Waals surface area contributed by atoms with Crippen molar-refractivity contribution in [1.29, 1.82) is 0 Å². The number of allylic oxidation sites excluding steroid dienone is 2. The maximum absolute atomic E-state index is 9.69. The Kier molecular flexibility index (Phi) is 3.43. The second kappa shape index (κ2) is 4.41. The van der Waals surface area contributed by atoms with Crippen LogP contribution in [-0.4, -0.2) is 5.11 Å². The molecule has 3 heteroatoms. The molecule has 2 nitrogen and oxygen atoms in total. The van der Waals surface area contributed by atoms with Gasteiger partial charge < -0.3 is 9.84 Å². The number of halogens is 1. The molecule has 0 aliphatic carbocycles. The minimum Gasteiger partial charge on any atom is -0.507 e. The number of aryl methyl sites for hydroxylation is 2. The Morgan fingerprint density at radius 2 is 1.80 bits per heavy atom. The first-order chi connectivity index (χ1) is 6.68. The Bertz CT molecular complexity index is 433. The van der Waals surface area contributed by atoms with Crippen LogP contribution in [0.25, 0.3) is 5.76 Å². The Morgan fingerprint density at radius 3 is 2.53 bits per heavy atom. The molecule has 0 aromatic heterocycles. The second-order valence-corrected chi connectivity index (χ2v) is 3.43. The van der Waals surface area contributed by atoms with E-state index in [2.05, 4.69) is 0 Å². The minimum atomic E-state index is 0. The molecule has 1 aliphatic heterocycles. The maximum atomic E-state index is 9.69. The van der Waals surface area contributed by atoms with E-state index in [-0.39, 0.29) is 18.2 Å². The minimum absolute atomic E-state index is 0. The van der Waals surface area contributed by atoms with Crippen LogP contribution in [0.15, 0.2) is 30.5 Å². The van der Waals surface area contributed by atoms with Crippen LogP contribution in [0.3, 0.4) is 0 Å². The van der Waals surface area contributed by atoms with Gasteiger partial charge in [0.1, 0.15) is 11.5 Å². The molecule has 0 radical (unpaired) electrons. The highest BCUT2D eigenvalue weighted by Crippen LogP contribution is 2.29. The molecule has 0 fully saturated rings. The Labute approximate surface area is 95.3 Å². The third kappa shape index (κ3) is 2.16. The van der Waals surface area contributed by atoms with Crippen LogP contribution in [0.1, 0.15) is 16.7 Å². The number of fused-ring (bicyclic) bond motifs is 1. The zero-order chi connectivity index (χ0) is 10.1. The standard InChI is InChI=1S/C12H12O2.ClH/c1-8-6-10-11(13)4-3-5-14-12(10)7-9(8)2;/h3-7,13H,1-2H3;1H. The van der Waals surface area contributed by atoms with Crippen LogP contribution in [-0.2, 0) is 0 Å². The molecule has 0 bridgehead atoms. The summed E-state index contributed by atoms with van der Waals surface area (Å²) in [5.41, 5.74) is 3.05. The summed E-state index contributed by atoms with van der Waals surface area (Å²) in [5.74, 6) is 0.951. The average Bonchev–Trinajstić information content (AvgIpc) is 2.31. The quantitative estimate of drug-likeness (QED) is 0.731. The van der Waals surface area contributed by atoms with Crippen molar-refractivity contribution in [1.82, 2.24) is 0 Å². The number of hydrogen-bond acceptors (Lipinski definition) is 2. The fourth-order valence-electron chi connectivity index (χ4n) is 1.42. The predicted molar refractivity (Wildman–Crippen MR) is 63.5 cm³/mol. The molecule has 0 saturated carbocycles. The lowest BCUT2D eigenvalue weighted by molar-refractivity contribution is 0.470. The van der Waals surface area contributed by atoms with Gasteiger partial charge in [-0.25, -0.2) is 0 Å². The SMILES string of the molecule is Cc1cc2c(cc1C)C(O)=CC=CO2.Cl. The van der Waals surface area contributed by atoms with Crippen molar-refractivity contribution in [3.05, 3.63) is 47.2 Å². The normalized spacial score (nSPS) is 13.1. The lowest BCUT2D eigenvalue weighted by Gasteiger charge is -2.09. The van der Waals surface area contributed by atoms with Crippen molar-refractivity contribution in [2.75, 3.05) is 0 Å². The van der Waals surface area contributed by atoms with E-state index in [0.717, 1.165) is 16.7 Å². The zero-order valence-electron chi connectivity index (χ0n) is 8.65. The van der Waals surface area contributed by atoms with Crippen molar-refractivity contribution < 1.29 is 9.84 Å². The van der Waals surface area contributed by atoms with E-state index in [1.165, 1.54) is 0 Å². The fraction of sp³-hybridized carbons (Fsp3) is 0.167. The number of aliphatic hydroxyl groups is 1. The van der Waals surface area contributed by atoms with Crippen LogP contribution < -0.4 is 4.74 Å². The van der Waals surface area contributed by atoms with E-state index in [1.807, 2.05) is 26.0 Å². The largest absolute Gasteiger partial charge is 0.507 e. The van der Waals surface area contributed by atoms with Crippen molar-refractivity contribution >= 4 is 18.2 Å². The third-order valence-electron chi connectivity index (χ3n) is 2.40. The molecule has 80 valence electrons. The van der Waals surface area contributed by atoms with Gasteiger partial charge in [0.25, 0.3) is 0 Å². The van der Waals surface area contributed by atoms with Crippen LogP contribution >= 0.6 is 12.4 Å². The second-order valence-electron chi connectivity index (χ2n) is 3.43. The smallest absolute Gasteiger partial charge is 0.137 e. The summed E-state index contributed by atoms with van der Waals surface area (Å²) in [7, 11) is 0. The van der Waals surface area contributed by atoms with E-state index in [0.29, 0.717) is 5.75 Å². The van der Waals surface area contributed by atoms with Crippen molar-refractivity contribution in [3.8, 4) is 5.75 Å². The van der Waals surface area contributed by atoms with Gasteiger partial charge >= 0.3 is 0 Å². The van der Waals surface area contributed by atoms with Crippen LogP contribution in [0.5, 0.6) is 5.75 Å². The lowest BCUT2D eigenvalue weighted by atomic mass is 10.0. The van der Waals surface area contributed by atoms with Gasteiger partial charge in [-0.1, -0.05) is 0 Å². The molecule has 0 spiro atoms. The molecular formula is C12H13ClO2. The van der Waals surface area contributed by atoms with Crippen molar-refractivity contribution in [3.63, 3.8) is 0 Å². The number of rotatable bonds is 0. The van der Waals surface area contributed by atoms with E-state index < -0.39 is 0 Å². The van der Waals surface area contributed by atoms with E-state index >= 15 is 0 Å². The Morgan fingerprint density at radius 1 is 1.13 bits per heavy atom. The molecule has 1 aromatic rings. The molecule has 1 N–H and O–H groups in total. The molecular weight excluding hydrogens is 212 g/mol. The highest BCUT2D eigenvalue weighted by molar-refractivity contribution is 5.85. The maximum Gasteiger partial charge on any atom is 0.137 e. The summed E-state index contributed by atoms with van der Waals surface area (Å²) in [6.07, 6.45) is 4.87. The molecule has 0 saturated heterocycles. The molecule has 1 aromatic carbocycles. The van der Waals surface area contributed by atoms with Crippen LogP contribution in [0.4, 0.5) is 0 Å². The third-order valence-corrected chi connectivity index (χ3v) is 2.40. The van der Waals surface area contributed by atoms with Crippen molar-refractivity contribution in [2.45, 2.75) is 13.8 Å². The molecule has 1 heterocycles. The highest BCUT2D eigenvalue weighted by Gasteiger charge is 2.11. The lowest BCUT2D eigenvalue weighted by Crippen LogP contribution is -1.92. The van der Waals surface area contributed by atoms with Gasteiger partial charge in [-0.3, -0.25) is 0 Å². The molecule has 0 amide bonds. The van der Waals surface area contributed by atoms with Gasteiger partial charge in [-0.2, -0.15) is 0 Å². The van der Waals surface area contributed by atoms with E-state index in [4.69, 9.17) is 4.74 Å². The molecule has 15 heavy (non-hydrogen) atoms. The molecule has 1 aliphatic rings. The highest BCUT2D eigenvalue weighted by atomic mass is 35.5. The van der Waals surface area contributed by atoms with Gasteiger partial charge in [-0.15, -0.1) is 12.4 Å². The zero-order valence-corrected chi connectivity index (χ0v) is 9.47. The van der Waals surface area contributed by atoms with Crippen molar-refractivity contribution in [2.24, 2.45) is 0 Å². The predicted octanol–water partition coefficient (Wildman–Crippen LogP) is 3.53. The summed E-state index contributed by atoms with van der Waals surface area (Å²) in [5, 5.41) is 9.69. The summed E-state index contributed by atoms with van der Waals surface area (Å²) in [4.78, 5) is 0. The van der Waals surface area contributed by atoms with E-state index in [9.17, 15) is 5.11 Å². The van der Waals surface area contributed by atoms with Gasteiger partial charge in [0, 0.05) is 0 Å². The average molecular weight is 225 g/mol. The Balaban J connectivity index is 0.00000112. The monoisotopic (exact) mass is 224 g/mol. The van der Waals surface area contributed by atoms with Gasteiger partial charge in [0.15, 0.2) is 0 Å². The number of benzene rings is 1. The van der Waals surface area contributed by atoms with Gasteiger partial charge in [-0.05, 0) is 49.3 Å².